The van der Waals surface area contributed by atoms with E-state index in [-0.39, 0.29) is 5.91 Å². The number of anilines is 2. The van der Waals surface area contributed by atoms with Crippen molar-refractivity contribution in [3.05, 3.63) is 12.4 Å². The topological polar surface area (TPSA) is 70.2 Å². The summed E-state index contributed by atoms with van der Waals surface area (Å²) in [7, 11) is 0. The standard InChI is InChI=1S/C14H23N5O/c1-2-6-15-12-10-13(18-11-17-12)16-7-4-9-19-8-3-5-14(19)20/h10-11H,2-9H2,1H3,(H2,15,16,17,18). The lowest BCUT2D eigenvalue weighted by molar-refractivity contribution is -0.127. The maximum absolute atomic E-state index is 11.5. The SMILES string of the molecule is CCCNc1cc(NCCCN2CCCC2=O)ncn1. The molecular weight excluding hydrogens is 254 g/mol. The second-order valence-electron chi connectivity index (χ2n) is 4.98. The minimum Gasteiger partial charge on any atom is -0.370 e. The van der Waals surface area contributed by atoms with E-state index in [1.165, 1.54) is 0 Å². The first-order valence-electron chi connectivity index (χ1n) is 7.37. The molecule has 1 aromatic rings. The maximum Gasteiger partial charge on any atom is 0.222 e. The van der Waals surface area contributed by atoms with E-state index in [2.05, 4.69) is 27.5 Å². The number of rotatable bonds is 8. The van der Waals surface area contributed by atoms with Gasteiger partial charge in [-0.25, -0.2) is 9.97 Å². The zero-order chi connectivity index (χ0) is 14.2. The number of carbonyl (C=O) groups is 1. The van der Waals surface area contributed by atoms with Crippen molar-refractivity contribution in [2.24, 2.45) is 0 Å². The van der Waals surface area contributed by atoms with E-state index < -0.39 is 0 Å². The zero-order valence-corrected chi connectivity index (χ0v) is 12.1. The molecule has 6 nitrogen and oxygen atoms in total. The molecule has 0 aliphatic carbocycles. The van der Waals surface area contributed by atoms with Crippen LogP contribution in [0.25, 0.3) is 0 Å². The molecule has 0 spiro atoms. The van der Waals surface area contributed by atoms with Crippen molar-refractivity contribution in [3.8, 4) is 0 Å². The van der Waals surface area contributed by atoms with E-state index >= 15 is 0 Å². The van der Waals surface area contributed by atoms with Crippen molar-refractivity contribution in [1.82, 2.24) is 14.9 Å². The Morgan fingerprint density at radius 2 is 2.00 bits per heavy atom. The van der Waals surface area contributed by atoms with Crippen molar-refractivity contribution >= 4 is 17.5 Å². The van der Waals surface area contributed by atoms with Crippen molar-refractivity contribution in [2.45, 2.75) is 32.6 Å². The molecule has 1 saturated heterocycles. The normalized spacial score (nSPS) is 14.7. The highest BCUT2D eigenvalue weighted by atomic mass is 16.2. The van der Waals surface area contributed by atoms with Gasteiger partial charge in [-0.1, -0.05) is 6.92 Å². The number of likely N-dealkylation sites (tertiary alicyclic amines) is 1. The second-order valence-corrected chi connectivity index (χ2v) is 4.98. The molecule has 0 atom stereocenters. The highest BCUT2D eigenvalue weighted by Gasteiger charge is 2.18. The molecule has 1 aromatic heterocycles. The minimum atomic E-state index is 0.290. The number of hydrogen-bond donors (Lipinski definition) is 2. The van der Waals surface area contributed by atoms with E-state index in [0.717, 1.165) is 57.1 Å². The fourth-order valence-electron chi connectivity index (χ4n) is 2.23. The van der Waals surface area contributed by atoms with Gasteiger partial charge in [0.1, 0.15) is 18.0 Å². The number of amides is 1. The second kappa shape index (κ2) is 7.67. The van der Waals surface area contributed by atoms with Gasteiger partial charge in [-0.2, -0.15) is 0 Å². The van der Waals surface area contributed by atoms with Gasteiger partial charge in [-0.15, -0.1) is 0 Å². The zero-order valence-electron chi connectivity index (χ0n) is 12.1. The average Bonchev–Trinajstić information content (AvgIpc) is 2.87. The first-order valence-corrected chi connectivity index (χ1v) is 7.37. The van der Waals surface area contributed by atoms with Crippen molar-refractivity contribution in [2.75, 3.05) is 36.8 Å². The van der Waals surface area contributed by atoms with Gasteiger partial charge in [0, 0.05) is 38.7 Å². The average molecular weight is 277 g/mol. The molecule has 2 rings (SSSR count). The predicted molar refractivity (Wildman–Crippen MR) is 79.7 cm³/mol. The predicted octanol–water partition coefficient (Wildman–Crippen LogP) is 1.72. The summed E-state index contributed by atoms with van der Waals surface area (Å²) in [5, 5.41) is 6.50. The van der Waals surface area contributed by atoms with Gasteiger partial charge in [-0.05, 0) is 19.3 Å². The molecule has 0 bridgehead atoms. The quantitative estimate of drug-likeness (QED) is 0.708. The van der Waals surface area contributed by atoms with Gasteiger partial charge >= 0.3 is 0 Å². The molecule has 20 heavy (non-hydrogen) atoms. The van der Waals surface area contributed by atoms with E-state index in [9.17, 15) is 4.79 Å². The molecule has 0 saturated carbocycles. The number of nitrogens with zero attached hydrogens (tertiary/aromatic N) is 3. The molecule has 1 fully saturated rings. The van der Waals surface area contributed by atoms with Gasteiger partial charge in [0.25, 0.3) is 0 Å². The van der Waals surface area contributed by atoms with Crippen LogP contribution >= 0.6 is 0 Å². The van der Waals surface area contributed by atoms with Crippen LogP contribution in [0.3, 0.4) is 0 Å². The Hall–Kier alpha value is -1.85. The summed E-state index contributed by atoms with van der Waals surface area (Å²) in [5.74, 6) is 1.96. The molecule has 1 aliphatic heterocycles. The first kappa shape index (κ1) is 14.6. The summed E-state index contributed by atoms with van der Waals surface area (Å²) < 4.78 is 0. The Morgan fingerprint density at radius 1 is 1.25 bits per heavy atom. The largest absolute Gasteiger partial charge is 0.370 e. The van der Waals surface area contributed by atoms with Crippen molar-refractivity contribution in [3.63, 3.8) is 0 Å². The summed E-state index contributed by atoms with van der Waals surface area (Å²) >= 11 is 0. The van der Waals surface area contributed by atoms with Crippen LogP contribution in [0.1, 0.15) is 32.6 Å². The third kappa shape index (κ3) is 4.36. The van der Waals surface area contributed by atoms with Gasteiger partial charge in [0.05, 0.1) is 0 Å². The number of hydrogen-bond acceptors (Lipinski definition) is 5. The van der Waals surface area contributed by atoms with Crippen LogP contribution < -0.4 is 10.6 Å². The Balaban J connectivity index is 1.69. The van der Waals surface area contributed by atoms with E-state index in [1.54, 1.807) is 6.33 Å². The molecule has 1 aliphatic rings. The van der Waals surface area contributed by atoms with Crippen molar-refractivity contribution < 1.29 is 4.79 Å². The molecule has 2 N–H and O–H groups in total. The number of nitrogens with one attached hydrogen (secondary N) is 2. The summed E-state index contributed by atoms with van der Waals surface area (Å²) in [6.07, 6.45) is 5.28. The first-order chi connectivity index (χ1) is 9.79. The lowest BCUT2D eigenvalue weighted by Gasteiger charge is -2.15. The highest BCUT2D eigenvalue weighted by Crippen LogP contribution is 2.11. The molecular formula is C14H23N5O. The highest BCUT2D eigenvalue weighted by molar-refractivity contribution is 5.78. The fourth-order valence-corrected chi connectivity index (χ4v) is 2.23. The van der Waals surface area contributed by atoms with Crippen LogP contribution in [-0.2, 0) is 4.79 Å². The summed E-state index contributed by atoms with van der Waals surface area (Å²) in [6, 6.07) is 1.91. The van der Waals surface area contributed by atoms with Crippen LogP contribution in [0.5, 0.6) is 0 Å². The van der Waals surface area contributed by atoms with Gasteiger partial charge in [0.2, 0.25) is 5.91 Å². The van der Waals surface area contributed by atoms with E-state index in [0.29, 0.717) is 6.42 Å². The minimum absolute atomic E-state index is 0.290. The summed E-state index contributed by atoms with van der Waals surface area (Å²) in [4.78, 5) is 21.8. The number of aromatic nitrogens is 2. The summed E-state index contributed by atoms with van der Waals surface area (Å²) in [6.45, 7) is 5.59. The van der Waals surface area contributed by atoms with Gasteiger partial charge in [-0.3, -0.25) is 4.79 Å². The number of carbonyl (C=O) groups excluding carboxylic acids is 1. The third-order valence-corrected chi connectivity index (χ3v) is 3.31. The van der Waals surface area contributed by atoms with E-state index in [1.807, 2.05) is 11.0 Å². The van der Waals surface area contributed by atoms with Crippen LogP contribution in [-0.4, -0.2) is 47.0 Å². The van der Waals surface area contributed by atoms with Crippen LogP contribution in [0.4, 0.5) is 11.6 Å². The van der Waals surface area contributed by atoms with Crippen LogP contribution in [0.2, 0.25) is 0 Å². The van der Waals surface area contributed by atoms with Crippen LogP contribution in [0, 0.1) is 0 Å². The smallest absolute Gasteiger partial charge is 0.222 e. The lowest BCUT2D eigenvalue weighted by atomic mass is 10.3. The molecule has 1 amide bonds. The molecule has 110 valence electrons. The molecule has 0 unspecified atom stereocenters. The van der Waals surface area contributed by atoms with Crippen LogP contribution in [0.15, 0.2) is 12.4 Å². The van der Waals surface area contributed by atoms with E-state index in [4.69, 9.17) is 0 Å². The molecule has 6 heteroatoms. The Labute approximate surface area is 120 Å². The summed E-state index contributed by atoms with van der Waals surface area (Å²) in [5.41, 5.74) is 0. The Bertz CT molecular complexity index is 437. The third-order valence-electron chi connectivity index (χ3n) is 3.31. The maximum atomic E-state index is 11.5. The monoisotopic (exact) mass is 277 g/mol. The van der Waals surface area contributed by atoms with Gasteiger partial charge in [0.15, 0.2) is 0 Å². The lowest BCUT2D eigenvalue weighted by Crippen LogP contribution is -2.27. The van der Waals surface area contributed by atoms with Gasteiger partial charge < -0.3 is 15.5 Å². The van der Waals surface area contributed by atoms with Crippen molar-refractivity contribution in [1.29, 1.82) is 0 Å². The Morgan fingerprint density at radius 3 is 2.65 bits per heavy atom. The molecule has 0 aromatic carbocycles. The molecule has 2 heterocycles. The fraction of sp³-hybridized carbons (Fsp3) is 0.643. The molecule has 0 radical (unpaired) electrons. The Kier molecular flexibility index (Phi) is 5.58.